The van der Waals surface area contributed by atoms with Crippen molar-refractivity contribution >= 4 is 5.97 Å². The molecule has 0 spiro atoms. The average molecular weight is 291 g/mol. The van der Waals surface area contributed by atoms with Crippen molar-refractivity contribution in [1.82, 2.24) is 4.90 Å². The second-order valence-corrected chi connectivity index (χ2v) is 5.68. The number of benzene rings is 1. The predicted octanol–water partition coefficient (Wildman–Crippen LogP) is 2.81. The van der Waals surface area contributed by atoms with Crippen LogP contribution in [0.1, 0.15) is 43.7 Å². The predicted molar refractivity (Wildman–Crippen MR) is 77.6 cm³/mol. The molecule has 1 fully saturated rings. The summed E-state index contributed by atoms with van der Waals surface area (Å²) in [7, 11) is 0. The maximum absolute atomic E-state index is 11.3. The van der Waals surface area contributed by atoms with Gasteiger partial charge in [0.2, 0.25) is 6.79 Å². The minimum atomic E-state index is -0.762. The van der Waals surface area contributed by atoms with Gasteiger partial charge in [0.1, 0.15) is 0 Å². The van der Waals surface area contributed by atoms with Crippen LogP contribution in [0.5, 0.6) is 11.5 Å². The fraction of sp³-hybridized carbons (Fsp3) is 0.562. The van der Waals surface area contributed by atoms with Crippen LogP contribution in [0.3, 0.4) is 0 Å². The Kier molecular flexibility index (Phi) is 4.29. The molecule has 3 rings (SSSR count). The standard InChI is InChI=1S/C16H21NO4/c18-16(19)10-13(17-7-3-1-2-4-8-17)12-5-6-14-15(9-12)21-11-20-14/h5-6,9,13H,1-4,7-8,10-11H2,(H,18,19). The van der Waals surface area contributed by atoms with Crippen molar-refractivity contribution in [2.24, 2.45) is 0 Å². The SMILES string of the molecule is O=C(O)CC(c1ccc2c(c1)OCO2)N1CCCCCC1. The van der Waals surface area contributed by atoms with E-state index in [1.54, 1.807) is 0 Å². The zero-order valence-electron chi connectivity index (χ0n) is 12.1. The Morgan fingerprint density at radius 1 is 1.14 bits per heavy atom. The van der Waals surface area contributed by atoms with Crippen LogP contribution < -0.4 is 9.47 Å². The highest BCUT2D eigenvalue weighted by Gasteiger charge is 2.26. The van der Waals surface area contributed by atoms with E-state index in [9.17, 15) is 9.90 Å². The van der Waals surface area contributed by atoms with Crippen molar-refractivity contribution in [1.29, 1.82) is 0 Å². The summed E-state index contributed by atoms with van der Waals surface area (Å²) < 4.78 is 10.7. The third-order valence-electron chi connectivity index (χ3n) is 4.23. The lowest BCUT2D eigenvalue weighted by Crippen LogP contribution is -2.31. The van der Waals surface area contributed by atoms with Gasteiger partial charge in [-0.3, -0.25) is 9.69 Å². The molecule has 21 heavy (non-hydrogen) atoms. The Morgan fingerprint density at radius 2 is 1.86 bits per heavy atom. The molecule has 0 aromatic heterocycles. The second kappa shape index (κ2) is 6.35. The van der Waals surface area contributed by atoms with Crippen LogP contribution in [0, 0.1) is 0 Å². The first kappa shape index (κ1) is 14.2. The molecule has 114 valence electrons. The number of fused-ring (bicyclic) bond motifs is 1. The van der Waals surface area contributed by atoms with Gasteiger partial charge in [-0.25, -0.2) is 0 Å². The van der Waals surface area contributed by atoms with E-state index < -0.39 is 5.97 Å². The molecule has 5 heteroatoms. The molecule has 1 aromatic carbocycles. The van der Waals surface area contributed by atoms with Gasteiger partial charge in [0.05, 0.1) is 6.42 Å². The Bertz CT molecular complexity index is 509. The van der Waals surface area contributed by atoms with Crippen LogP contribution in [-0.4, -0.2) is 35.9 Å². The molecule has 2 heterocycles. The monoisotopic (exact) mass is 291 g/mol. The number of ether oxygens (including phenoxy) is 2. The Balaban J connectivity index is 1.85. The van der Waals surface area contributed by atoms with Crippen LogP contribution >= 0.6 is 0 Å². The van der Waals surface area contributed by atoms with Crippen LogP contribution in [0.2, 0.25) is 0 Å². The molecule has 1 N–H and O–H groups in total. The Morgan fingerprint density at radius 3 is 2.57 bits per heavy atom. The van der Waals surface area contributed by atoms with Crippen molar-refractivity contribution < 1.29 is 19.4 Å². The number of hydrogen-bond donors (Lipinski definition) is 1. The summed E-state index contributed by atoms with van der Waals surface area (Å²) in [6.07, 6.45) is 4.87. The number of carboxylic acid groups (broad SMARTS) is 1. The third kappa shape index (κ3) is 3.29. The Hall–Kier alpha value is -1.75. The maximum atomic E-state index is 11.3. The molecule has 2 aliphatic rings. The molecule has 0 aliphatic carbocycles. The Labute approximate surface area is 124 Å². The van der Waals surface area contributed by atoms with Crippen LogP contribution in [0.15, 0.2) is 18.2 Å². The van der Waals surface area contributed by atoms with E-state index in [4.69, 9.17) is 9.47 Å². The number of hydrogen-bond acceptors (Lipinski definition) is 4. The smallest absolute Gasteiger partial charge is 0.305 e. The summed E-state index contributed by atoms with van der Waals surface area (Å²) in [6, 6.07) is 5.69. The number of carbonyl (C=O) groups is 1. The van der Waals surface area contributed by atoms with Crippen LogP contribution in [0.4, 0.5) is 0 Å². The fourth-order valence-corrected chi connectivity index (χ4v) is 3.15. The van der Waals surface area contributed by atoms with Crippen LogP contribution in [0.25, 0.3) is 0 Å². The minimum Gasteiger partial charge on any atom is -0.481 e. The van der Waals surface area contributed by atoms with Crippen molar-refractivity contribution in [3.8, 4) is 11.5 Å². The lowest BCUT2D eigenvalue weighted by Gasteiger charge is -2.30. The molecular weight excluding hydrogens is 270 g/mol. The van der Waals surface area contributed by atoms with Gasteiger partial charge < -0.3 is 14.6 Å². The summed E-state index contributed by atoms with van der Waals surface area (Å²) in [5.74, 6) is 0.698. The van der Waals surface area contributed by atoms with Crippen molar-refractivity contribution in [2.75, 3.05) is 19.9 Å². The summed E-state index contributed by atoms with van der Waals surface area (Å²) in [6.45, 7) is 2.17. The first-order valence-corrected chi connectivity index (χ1v) is 7.59. The molecular formula is C16H21NO4. The lowest BCUT2D eigenvalue weighted by atomic mass is 10.0. The van der Waals surface area contributed by atoms with E-state index in [1.807, 2.05) is 18.2 Å². The van der Waals surface area contributed by atoms with Crippen molar-refractivity contribution in [2.45, 2.75) is 38.1 Å². The summed E-state index contributed by atoms with van der Waals surface area (Å²) in [5, 5.41) is 9.26. The van der Waals surface area contributed by atoms with Gasteiger partial charge in [-0.2, -0.15) is 0 Å². The molecule has 1 unspecified atom stereocenters. The zero-order chi connectivity index (χ0) is 14.7. The first-order chi connectivity index (χ1) is 10.2. The number of carboxylic acids is 1. The summed E-state index contributed by atoms with van der Waals surface area (Å²) >= 11 is 0. The van der Waals surface area contributed by atoms with Gasteiger partial charge in [0.25, 0.3) is 0 Å². The van der Waals surface area contributed by atoms with Gasteiger partial charge in [-0.1, -0.05) is 18.9 Å². The van der Waals surface area contributed by atoms with E-state index in [-0.39, 0.29) is 19.3 Å². The van der Waals surface area contributed by atoms with E-state index in [0.29, 0.717) is 0 Å². The van der Waals surface area contributed by atoms with Gasteiger partial charge in [0.15, 0.2) is 11.5 Å². The number of likely N-dealkylation sites (tertiary alicyclic amines) is 1. The van der Waals surface area contributed by atoms with Crippen molar-refractivity contribution in [3.05, 3.63) is 23.8 Å². The van der Waals surface area contributed by atoms with Gasteiger partial charge in [0, 0.05) is 6.04 Å². The third-order valence-corrected chi connectivity index (χ3v) is 4.23. The molecule has 0 saturated carbocycles. The second-order valence-electron chi connectivity index (χ2n) is 5.68. The molecule has 1 atom stereocenters. The molecule has 0 amide bonds. The average Bonchev–Trinajstić information content (AvgIpc) is 2.77. The molecule has 1 saturated heterocycles. The maximum Gasteiger partial charge on any atom is 0.305 e. The zero-order valence-corrected chi connectivity index (χ0v) is 12.1. The van der Waals surface area contributed by atoms with E-state index in [2.05, 4.69) is 4.90 Å². The molecule has 5 nitrogen and oxygen atoms in total. The van der Waals surface area contributed by atoms with Crippen molar-refractivity contribution in [3.63, 3.8) is 0 Å². The molecule has 0 bridgehead atoms. The number of rotatable bonds is 4. The normalized spacial score (nSPS) is 20.0. The largest absolute Gasteiger partial charge is 0.481 e. The van der Waals surface area contributed by atoms with E-state index >= 15 is 0 Å². The van der Waals surface area contributed by atoms with E-state index in [0.717, 1.165) is 43.0 Å². The highest BCUT2D eigenvalue weighted by Crippen LogP contribution is 2.37. The highest BCUT2D eigenvalue weighted by atomic mass is 16.7. The lowest BCUT2D eigenvalue weighted by molar-refractivity contribution is -0.138. The molecule has 0 radical (unpaired) electrons. The molecule has 1 aromatic rings. The number of nitrogens with zero attached hydrogens (tertiary/aromatic N) is 1. The van der Waals surface area contributed by atoms with Gasteiger partial charge in [-0.15, -0.1) is 0 Å². The minimum absolute atomic E-state index is 0.0879. The highest BCUT2D eigenvalue weighted by molar-refractivity contribution is 5.68. The summed E-state index contributed by atoms with van der Waals surface area (Å²) in [5.41, 5.74) is 1.00. The summed E-state index contributed by atoms with van der Waals surface area (Å²) in [4.78, 5) is 13.6. The molecule has 2 aliphatic heterocycles. The fourth-order valence-electron chi connectivity index (χ4n) is 3.15. The van der Waals surface area contributed by atoms with Crippen LogP contribution in [-0.2, 0) is 4.79 Å². The number of aliphatic carboxylic acids is 1. The van der Waals surface area contributed by atoms with Gasteiger partial charge in [-0.05, 0) is 43.6 Å². The quantitative estimate of drug-likeness (QED) is 0.924. The first-order valence-electron chi connectivity index (χ1n) is 7.59. The van der Waals surface area contributed by atoms with E-state index in [1.165, 1.54) is 12.8 Å². The van der Waals surface area contributed by atoms with Gasteiger partial charge >= 0.3 is 5.97 Å². The topological polar surface area (TPSA) is 59.0 Å².